The zero-order chi connectivity index (χ0) is 16.2. The fraction of sp³-hybridized carbons (Fsp3) is 0.375. The Hall–Kier alpha value is -2.21. The van der Waals surface area contributed by atoms with E-state index in [1.54, 1.807) is 24.4 Å². The number of carbonyl (C=O) groups excluding carboxylic acids is 1. The maximum atomic E-state index is 12.9. The highest BCUT2D eigenvalue weighted by molar-refractivity contribution is 5.92. The van der Waals surface area contributed by atoms with E-state index in [0.29, 0.717) is 17.9 Å². The second-order valence-corrected chi connectivity index (χ2v) is 5.37. The van der Waals surface area contributed by atoms with Crippen molar-refractivity contribution in [3.8, 4) is 5.69 Å². The van der Waals surface area contributed by atoms with Crippen LogP contribution in [-0.4, -0.2) is 27.8 Å². The van der Waals surface area contributed by atoms with Crippen LogP contribution in [-0.2, 0) is 0 Å². The molecular formula is C16H21FN4O. The highest BCUT2D eigenvalue weighted by Gasteiger charge is 2.21. The van der Waals surface area contributed by atoms with E-state index in [1.165, 1.54) is 16.8 Å². The molecule has 22 heavy (non-hydrogen) atoms. The van der Waals surface area contributed by atoms with Gasteiger partial charge in [-0.15, -0.1) is 0 Å². The van der Waals surface area contributed by atoms with E-state index in [4.69, 9.17) is 5.73 Å². The molecule has 1 amide bonds. The van der Waals surface area contributed by atoms with Gasteiger partial charge in [0.15, 0.2) is 5.69 Å². The predicted octanol–water partition coefficient (Wildman–Crippen LogP) is 2.26. The van der Waals surface area contributed by atoms with E-state index in [0.717, 1.165) is 12.8 Å². The third kappa shape index (κ3) is 3.71. The van der Waals surface area contributed by atoms with Crippen LogP contribution in [0.15, 0.2) is 36.5 Å². The van der Waals surface area contributed by atoms with Crippen LogP contribution in [0.1, 0.15) is 37.2 Å². The molecule has 2 rings (SSSR count). The lowest BCUT2D eigenvalue weighted by molar-refractivity contribution is 0.0936. The number of halogens is 1. The molecule has 0 bridgehead atoms. The number of benzene rings is 1. The highest BCUT2D eigenvalue weighted by Crippen LogP contribution is 2.11. The third-order valence-corrected chi connectivity index (χ3v) is 3.92. The van der Waals surface area contributed by atoms with Gasteiger partial charge in [0.2, 0.25) is 0 Å². The number of amides is 1. The number of hydrogen-bond donors (Lipinski definition) is 2. The fourth-order valence-electron chi connectivity index (χ4n) is 2.03. The first-order valence-corrected chi connectivity index (χ1v) is 7.36. The number of rotatable bonds is 6. The average Bonchev–Trinajstić information content (AvgIpc) is 3.03. The number of nitrogens with one attached hydrogen (secondary N) is 1. The summed E-state index contributed by atoms with van der Waals surface area (Å²) in [6.07, 6.45) is 3.24. The Labute approximate surface area is 129 Å². The molecule has 0 aliphatic rings. The van der Waals surface area contributed by atoms with Gasteiger partial charge in [-0.05, 0) is 43.2 Å². The molecule has 5 nitrogen and oxygen atoms in total. The summed E-state index contributed by atoms with van der Waals surface area (Å²) in [6, 6.07) is 7.52. The van der Waals surface area contributed by atoms with Crippen LogP contribution >= 0.6 is 0 Å². The zero-order valence-electron chi connectivity index (χ0n) is 12.8. The van der Waals surface area contributed by atoms with Crippen LogP contribution in [0.25, 0.3) is 5.69 Å². The molecule has 0 aliphatic carbocycles. The van der Waals surface area contributed by atoms with Crippen molar-refractivity contribution < 1.29 is 9.18 Å². The van der Waals surface area contributed by atoms with Crippen molar-refractivity contribution in [2.24, 2.45) is 5.73 Å². The molecule has 1 aromatic heterocycles. The molecule has 118 valence electrons. The lowest BCUT2D eigenvalue weighted by Gasteiger charge is -2.26. The summed E-state index contributed by atoms with van der Waals surface area (Å²) < 4.78 is 14.4. The largest absolute Gasteiger partial charge is 0.349 e. The Morgan fingerprint density at radius 1 is 1.27 bits per heavy atom. The molecular weight excluding hydrogens is 283 g/mol. The summed E-state index contributed by atoms with van der Waals surface area (Å²) in [5.41, 5.74) is 6.76. The van der Waals surface area contributed by atoms with E-state index < -0.39 is 5.54 Å². The molecule has 2 aromatic rings. The first-order valence-electron chi connectivity index (χ1n) is 7.36. The van der Waals surface area contributed by atoms with Crippen LogP contribution < -0.4 is 11.1 Å². The molecule has 0 saturated carbocycles. The van der Waals surface area contributed by atoms with Crippen LogP contribution in [0.5, 0.6) is 0 Å². The van der Waals surface area contributed by atoms with Crippen LogP contribution in [0.2, 0.25) is 0 Å². The second kappa shape index (κ2) is 6.70. The first-order chi connectivity index (χ1) is 10.5. The average molecular weight is 304 g/mol. The maximum absolute atomic E-state index is 12.9. The van der Waals surface area contributed by atoms with E-state index in [9.17, 15) is 9.18 Å². The minimum atomic E-state index is -0.394. The van der Waals surface area contributed by atoms with Gasteiger partial charge in [0.1, 0.15) is 5.82 Å². The lowest BCUT2D eigenvalue weighted by atomic mass is 9.94. The summed E-state index contributed by atoms with van der Waals surface area (Å²) in [7, 11) is 0. The van der Waals surface area contributed by atoms with Crippen LogP contribution in [0.4, 0.5) is 4.39 Å². The summed E-state index contributed by atoms with van der Waals surface area (Å²) in [6.45, 7) is 4.40. The summed E-state index contributed by atoms with van der Waals surface area (Å²) >= 11 is 0. The van der Waals surface area contributed by atoms with Crippen LogP contribution in [0, 0.1) is 5.82 Å². The molecule has 1 heterocycles. The van der Waals surface area contributed by atoms with Crippen molar-refractivity contribution in [1.82, 2.24) is 15.1 Å². The normalized spacial score (nSPS) is 11.5. The Kier molecular flexibility index (Phi) is 4.92. The van der Waals surface area contributed by atoms with Gasteiger partial charge in [-0.25, -0.2) is 9.07 Å². The summed E-state index contributed by atoms with van der Waals surface area (Å²) in [5.74, 6) is -0.579. The Morgan fingerprint density at radius 3 is 2.50 bits per heavy atom. The van der Waals surface area contributed by atoms with E-state index in [-0.39, 0.29) is 11.7 Å². The molecule has 0 radical (unpaired) electrons. The van der Waals surface area contributed by atoms with Crippen LogP contribution in [0.3, 0.4) is 0 Å². The molecule has 0 atom stereocenters. The van der Waals surface area contributed by atoms with Crippen molar-refractivity contribution in [3.63, 3.8) is 0 Å². The van der Waals surface area contributed by atoms with Gasteiger partial charge in [0.05, 0.1) is 5.69 Å². The van der Waals surface area contributed by atoms with Crippen molar-refractivity contribution in [2.45, 2.75) is 32.2 Å². The quantitative estimate of drug-likeness (QED) is 0.859. The minimum absolute atomic E-state index is 0.266. The number of nitrogens with two attached hydrogens (primary N) is 1. The Morgan fingerprint density at radius 2 is 1.91 bits per heavy atom. The molecule has 6 heteroatoms. The van der Waals surface area contributed by atoms with Crippen molar-refractivity contribution >= 4 is 5.91 Å². The third-order valence-electron chi connectivity index (χ3n) is 3.92. The number of carbonyl (C=O) groups is 1. The van der Waals surface area contributed by atoms with E-state index in [1.807, 2.05) is 13.8 Å². The molecule has 0 unspecified atom stereocenters. The summed E-state index contributed by atoms with van der Waals surface area (Å²) in [4.78, 5) is 12.1. The van der Waals surface area contributed by atoms with Gasteiger partial charge < -0.3 is 11.1 Å². The molecule has 0 fully saturated rings. The first kappa shape index (κ1) is 16.2. The second-order valence-electron chi connectivity index (χ2n) is 5.37. The molecule has 0 aliphatic heterocycles. The number of aromatic nitrogens is 2. The maximum Gasteiger partial charge on any atom is 0.271 e. The van der Waals surface area contributed by atoms with E-state index >= 15 is 0 Å². The van der Waals surface area contributed by atoms with E-state index in [2.05, 4.69) is 10.4 Å². The highest BCUT2D eigenvalue weighted by atomic mass is 19.1. The molecule has 0 saturated heterocycles. The minimum Gasteiger partial charge on any atom is -0.349 e. The monoisotopic (exact) mass is 304 g/mol. The van der Waals surface area contributed by atoms with Crippen molar-refractivity contribution in [1.29, 1.82) is 0 Å². The predicted molar refractivity (Wildman–Crippen MR) is 83.4 cm³/mol. The smallest absolute Gasteiger partial charge is 0.271 e. The summed E-state index contributed by atoms with van der Waals surface area (Å²) in [5, 5.41) is 7.02. The Bertz CT molecular complexity index is 632. The molecule has 3 N–H and O–H groups in total. The Balaban J connectivity index is 2.05. The standard InChI is InChI=1S/C16H21FN4O/c1-3-16(18,4-2)11-19-15(22)14-9-10-21(20-14)13-7-5-12(17)6-8-13/h5-10H,3-4,11,18H2,1-2H3,(H,19,22). The molecule has 0 spiro atoms. The van der Waals surface area contributed by atoms with Crippen molar-refractivity contribution in [2.75, 3.05) is 6.54 Å². The van der Waals surface area contributed by atoms with Gasteiger partial charge >= 0.3 is 0 Å². The fourth-order valence-corrected chi connectivity index (χ4v) is 2.03. The van der Waals surface area contributed by atoms with Gasteiger partial charge in [-0.3, -0.25) is 4.79 Å². The topological polar surface area (TPSA) is 72.9 Å². The van der Waals surface area contributed by atoms with Crippen molar-refractivity contribution in [3.05, 3.63) is 48.0 Å². The molecule has 1 aromatic carbocycles. The van der Waals surface area contributed by atoms with Gasteiger partial charge in [0.25, 0.3) is 5.91 Å². The lowest BCUT2D eigenvalue weighted by Crippen LogP contribution is -2.49. The van der Waals surface area contributed by atoms with Gasteiger partial charge in [0, 0.05) is 18.3 Å². The van der Waals surface area contributed by atoms with Gasteiger partial charge in [-0.2, -0.15) is 5.10 Å². The number of nitrogens with zero attached hydrogens (tertiary/aromatic N) is 2. The SMILES string of the molecule is CCC(N)(CC)CNC(=O)c1ccn(-c2ccc(F)cc2)n1. The number of hydrogen-bond acceptors (Lipinski definition) is 3. The zero-order valence-corrected chi connectivity index (χ0v) is 12.8. The van der Waals surface area contributed by atoms with Gasteiger partial charge in [-0.1, -0.05) is 13.8 Å².